The van der Waals surface area contributed by atoms with Crippen molar-refractivity contribution in [3.63, 3.8) is 0 Å². The third-order valence-corrected chi connectivity index (χ3v) is 6.78. The maximum Gasteiger partial charge on any atom is 0.260 e. The summed E-state index contributed by atoms with van der Waals surface area (Å²) < 4.78 is 11.5. The van der Waals surface area contributed by atoms with Gasteiger partial charge in [-0.05, 0) is 74.6 Å². The number of nitrogens with one attached hydrogen (secondary N) is 1. The molecule has 0 radical (unpaired) electrons. The molecule has 2 heterocycles. The Morgan fingerprint density at radius 3 is 2.29 bits per heavy atom. The van der Waals surface area contributed by atoms with Gasteiger partial charge in [0, 0.05) is 10.4 Å². The zero-order chi connectivity index (χ0) is 21.2. The van der Waals surface area contributed by atoms with Crippen molar-refractivity contribution in [3.8, 4) is 22.9 Å². The van der Waals surface area contributed by atoms with E-state index in [9.17, 15) is 4.79 Å². The van der Waals surface area contributed by atoms with Crippen LogP contribution in [0, 0.1) is 6.92 Å². The summed E-state index contributed by atoms with van der Waals surface area (Å²) in [6.07, 6.45) is 4.39. The van der Waals surface area contributed by atoms with E-state index in [4.69, 9.17) is 14.5 Å². The second-order valence-electron chi connectivity index (χ2n) is 7.84. The monoisotopic (exact) mass is 432 g/mol. The first-order chi connectivity index (χ1) is 15.2. The van der Waals surface area contributed by atoms with Gasteiger partial charge < -0.3 is 14.5 Å². The van der Waals surface area contributed by atoms with Crippen LogP contribution >= 0.6 is 11.3 Å². The Morgan fingerprint density at radius 1 is 0.935 bits per heavy atom. The fraction of sp³-hybridized carbons (Fsp3) is 0.280. The number of aromatic nitrogens is 2. The maximum absolute atomic E-state index is 12.8. The summed E-state index contributed by atoms with van der Waals surface area (Å²) >= 11 is 1.67. The number of nitrogens with zero attached hydrogens (tertiary/aromatic N) is 1. The van der Waals surface area contributed by atoms with Gasteiger partial charge in [-0.3, -0.25) is 4.79 Å². The molecule has 31 heavy (non-hydrogen) atoms. The maximum atomic E-state index is 12.8. The van der Waals surface area contributed by atoms with Gasteiger partial charge in [-0.25, -0.2) is 4.98 Å². The van der Waals surface area contributed by atoms with Gasteiger partial charge >= 0.3 is 0 Å². The van der Waals surface area contributed by atoms with Gasteiger partial charge in [0.15, 0.2) is 0 Å². The number of aromatic amines is 1. The molecule has 0 aliphatic heterocycles. The molecule has 6 heteroatoms. The molecule has 1 aliphatic carbocycles. The predicted molar refractivity (Wildman–Crippen MR) is 124 cm³/mol. The number of ether oxygens (including phenoxy) is 2. The molecular formula is C25H24N2O3S. The van der Waals surface area contributed by atoms with Gasteiger partial charge in [-0.1, -0.05) is 17.7 Å². The van der Waals surface area contributed by atoms with Gasteiger partial charge in [-0.15, -0.1) is 11.3 Å². The quantitative estimate of drug-likeness (QED) is 0.420. The summed E-state index contributed by atoms with van der Waals surface area (Å²) in [6, 6.07) is 15.6. The molecule has 1 N–H and O–H groups in total. The first-order valence-electron chi connectivity index (χ1n) is 10.6. The number of hydrogen-bond acceptors (Lipinski definition) is 5. The van der Waals surface area contributed by atoms with Crippen LogP contribution in [0.15, 0.2) is 53.3 Å². The van der Waals surface area contributed by atoms with E-state index in [1.807, 2.05) is 55.5 Å². The Kier molecular flexibility index (Phi) is 5.47. The van der Waals surface area contributed by atoms with Crippen molar-refractivity contribution in [1.82, 2.24) is 9.97 Å². The van der Waals surface area contributed by atoms with Crippen molar-refractivity contribution in [2.75, 3.05) is 13.2 Å². The summed E-state index contributed by atoms with van der Waals surface area (Å²) in [7, 11) is 0. The van der Waals surface area contributed by atoms with Gasteiger partial charge in [-0.2, -0.15) is 0 Å². The molecule has 0 spiro atoms. The van der Waals surface area contributed by atoms with Crippen molar-refractivity contribution in [1.29, 1.82) is 0 Å². The van der Waals surface area contributed by atoms with Gasteiger partial charge in [0.2, 0.25) is 0 Å². The smallest absolute Gasteiger partial charge is 0.260 e. The van der Waals surface area contributed by atoms with E-state index >= 15 is 0 Å². The largest absolute Gasteiger partial charge is 0.490 e. The molecule has 4 aromatic rings. The number of fused-ring (bicyclic) bond motifs is 3. The molecule has 5 nitrogen and oxygen atoms in total. The number of thiophene rings is 1. The molecule has 0 fully saturated rings. The Bertz CT molecular complexity index is 1260. The van der Waals surface area contributed by atoms with Crippen molar-refractivity contribution in [3.05, 3.63) is 74.9 Å². The van der Waals surface area contributed by atoms with E-state index in [0.717, 1.165) is 46.5 Å². The van der Waals surface area contributed by atoms with E-state index in [0.29, 0.717) is 19.0 Å². The summed E-state index contributed by atoms with van der Waals surface area (Å²) in [5, 5.41) is 0.789. The zero-order valence-electron chi connectivity index (χ0n) is 17.4. The molecule has 0 bridgehead atoms. The SMILES string of the molecule is Cc1ccc(OCCOc2ccc(-c3nc4sc5c(c4c(=O)[nH]3)CCCC5)cc2)cc1. The summed E-state index contributed by atoms with van der Waals surface area (Å²) in [4.78, 5) is 22.7. The minimum absolute atomic E-state index is 0.0343. The van der Waals surface area contributed by atoms with E-state index in [1.165, 1.54) is 22.4 Å². The molecule has 5 rings (SSSR count). The van der Waals surface area contributed by atoms with Crippen LogP contribution in [0.25, 0.3) is 21.6 Å². The van der Waals surface area contributed by atoms with Crippen molar-refractivity contribution in [2.45, 2.75) is 32.6 Å². The van der Waals surface area contributed by atoms with Crippen LogP contribution in [0.4, 0.5) is 0 Å². The third kappa shape index (κ3) is 4.21. The van der Waals surface area contributed by atoms with Gasteiger partial charge in [0.25, 0.3) is 5.56 Å². The average Bonchev–Trinajstić information content (AvgIpc) is 3.17. The molecule has 0 atom stereocenters. The first kappa shape index (κ1) is 19.8. The molecule has 1 aliphatic rings. The number of benzene rings is 2. The van der Waals surface area contributed by atoms with Crippen LogP contribution < -0.4 is 15.0 Å². The Labute approximate surface area is 184 Å². The Morgan fingerprint density at radius 2 is 1.58 bits per heavy atom. The highest BCUT2D eigenvalue weighted by atomic mass is 32.1. The minimum atomic E-state index is -0.0343. The highest BCUT2D eigenvalue weighted by Crippen LogP contribution is 2.34. The standard InChI is InChI=1S/C25H24N2O3S/c1-16-6-10-18(11-7-16)29-14-15-30-19-12-8-17(9-13-19)23-26-24(28)22-20-4-2-3-5-21(20)31-25(22)27-23/h6-13H,2-5,14-15H2,1H3,(H,26,27,28). The molecule has 0 amide bonds. The minimum Gasteiger partial charge on any atom is -0.490 e. The normalized spacial score (nSPS) is 13.2. The topological polar surface area (TPSA) is 64.2 Å². The fourth-order valence-electron chi connectivity index (χ4n) is 3.96. The first-order valence-corrected chi connectivity index (χ1v) is 11.5. The lowest BCUT2D eigenvalue weighted by Crippen LogP contribution is -2.11. The lowest BCUT2D eigenvalue weighted by molar-refractivity contribution is 0.217. The van der Waals surface area contributed by atoms with E-state index < -0.39 is 0 Å². The molecule has 0 saturated carbocycles. The number of rotatable bonds is 6. The van der Waals surface area contributed by atoms with Crippen LogP contribution in [-0.4, -0.2) is 23.2 Å². The van der Waals surface area contributed by atoms with E-state index in [-0.39, 0.29) is 5.56 Å². The van der Waals surface area contributed by atoms with Crippen molar-refractivity contribution in [2.24, 2.45) is 0 Å². The summed E-state index contributed by atoms with van der Waals surface area (Å²) in [5.74, 6) is 2.20. The molecule has 0 unspecified atom stereocenters. The molecule has 2 aromatic heterocycles. The van der Waals surface area contributed by atoms with Gasteiger partial charge in [0.1, 0.15) is 35.4 Å². The molecular weight excluding hydrogens is 408 g/mol. The second kappa shape index (κ2) is 8.55. The zero-order valence-corrected chi connectivity index (χ0v) is 18.3. The number of H-pyrrole nitrogens is 1. The van der Waals surface area contributed by atoms with Crippen LogP contribution in [0.1, 0.15) is 28.8 Å². The lowest BCUT2D eigenvalue weighted by atomic mass is 9.97. The van der Waals surface area contributed by atoms with Crippen molar-refractivity contribution < 1.29 is 9.47 Å². The molecule has 0 saturated heterocycles. The van der Waals surface area contributed by atoms with Crippen LogP contribution in [-0.2, 0) is 12.8 Å². The predicted octanol–water partition coefficient (Wildman–Crippen LogP) is 5.30. The van der Waals surface area contributed by atoms with E-state index in [2.05, 4.69) is 4.98 Å². The summed E-state index contributed by atoms with van der Waals surface area (Å²) in [6.45, 7) is 2.97. The van der Waals surface area contributed by atoms with Crippen molar-refractivity contribution >= 4 is 21.6 Å². The fourth-order valence-corrected chi connectivity index (χ4v) is 5.23. The highest BCUT2D eigenvalue weighted by Gasteiger charge is 2.20. The summed E-state index contributed by atoms with van der Waals surface area (Å²) in [5.41, 5.74) is 3.25. The third-order valence-electron chi connectivity index (χ3n) is 5.59. The second-order valence-corrected chi connectivity index (χ2v) is 8.92. The van der Waals surface area contributed by atoms with Gasteiger partial charge in [0.05, 0.1) is 5.39 Å². The highest BCUT2D eigenvalue weighted by molar-refractivity contribution is 7.18. The van der Waals surface area contributed by atoms with Crippen LogP contribution in [0.2, 0.25) is 0 Å². The van der Waals surface area contributed by atoms with Crippen LogP contribution in [0.5, 0.6) is 11.5 Å². The molecule has 2 aromatic carbocycles. The number of hydrogen-bond donors (Lipinski definition) is 1. The molecule has 158 valence electrons. The van der Waals surface area contributed by atoms with Crippen LogP contribution in [0.3, 0.4) is 0 Å². The average molecular weight is 433 g/mol. The number of aryl methyl sites for hydroxylation is 3. The Hall–Kier alpha value is -3.12. The lowest BCUT2D eigenvalue weighted by Gasteiger charge is -2.10. The Balaban J connectivity index is 1.26. The van der Waals surface area contributed by atoms with E-state index in [1.54, 1.807) is 11.3 Å².